The largest absolute Gasteiger partial charge is 0.390 e. The Balaban J connectivity index is 2.18. The van der Waals surface area contributed by atoms with Gasteiger partial charge in [-0.1, -0.05) is 18.5 Å². The SMILES string of the molecule is CCc1nc(Cl)cc(N2CCCC(C)(O)CC2)n1. The molecule has 1 saturated heterocycles. The zero-order valence-electron chi connectivity index (χ0n) is 11.0. The van der Waals surface area contributed by atoms with Crippen LogP contribution >= 0.6 is 11.6 Å². The summed E-state index contributed by atoms with van der Waals surface area (Å²) in [6, 6.07) is 1.81. The Morgan fingerprint density at radius 2 is 2.17 bits per heavy atom. The topological polar surface area (TPSA) is 49.2 Å². The normalized spacial score (nSPS) is 25.0. The predicted molar refractivity (Wildman–Crippen MR) is 73.1 cm³/mol. The van der Waals surface area contributed by atoms with E-state index in [1.807, 2.05) is 13.8 Å². The van der Waals surface area contributed by atoms with Crippen molar-refractivity contribution >= 4 is 17.4 Å². The smallest absolute Gasteiger partial charge is 0.134 e. The molecule has 0 spiro atoms. The number of aromatic nitrogens is 2. The van der Waals surface area contributed by atoms with E-state index in [9.17, 15) is 5.11 Å². The van der Waals surface area contributed by atoms with Gasteiger partial charge in [-0.05, 0) is 26.2 Å². The van der Waals surface area contributed by atoms with Gasteiger partial charge >= 0.3 is 0 Å². The Hall–Kier alpha value is -0.870. The number of aliphatic hydroxyl groups is 1. The molecule has 1 N–H and O–H groups in total. The average Bonchev–Trinajstić information content (AvgIpc) is 2.49. The molecular formula is C13H20ClN3O. The van der Waals surface area contributed by atoms with Crippen LogP contribution in [0.25, 0.3) is 0 Å². The Morgan fingerprint density at radius 3 is 2.89 bits per heavy atom. The fourth-order valence-electron chi connectivity index (χ4n) is 2.26. The van der Waals surface area contributed by atoms with E-state index in [1.165, 1.54) is 0 Å². The molecule has 100 valence electrons. The molecule has 2 rings (SSSR count). The summed E-state index contributed by atoms with van der Waals surface area (Å²) >= 11 is 6.02. The van der Waals surface area contributed by atoms with Crippen LogP contribution in [0.5, 0.6) is 0 Å². The van der Waals surface area contributed by atoms with Gasteiger partial charge in [0.15, 0.2) is 0 Å². The summed E-state index contributed by atoms with van der Waals surface area (Å²) in [6.45, 7) is 5.64. The third-order valence-electron chi connectivity index (χ3n) is 3.43. The first-order valence-corrected chi connectivity index (χ1v) is 6.89. The molecule has 0 aromatic carbocycles. The molecule has 1 aromatic heterocycles. The molecule has 0 bridgehead atoms. The first kappa shape index (κ1) is 13.6. The molecule has 0 aliphatic carbocycles. The highest BCUT2D eigenvalue weighted by molar-refractivity contribution is 6.29. The summed E-state index contributed by atoms with van der Waals surface area (Å²) in [6.07, 6.45) is 3.34. The van der Waals surface area contributed by atoms with Crippen molar-refractivity contribution in [2.75, 3.05) is 18.0 Å². The number of hydrogen-bond donors (Lipinski definition) is 1. The standard InChI is InChI=1S/C13H20ClN3O/c1-3-11-15-10(14)9-12(16-11)17-7-4-5-13(2,18)6-8-17/h9,18H,3-8H2,1-2H3. The van der Waals surface area contributed by atoms with Gasteiger partial charge in [0.1, 0.15) is 16.8 Å². The van der Waals surface area contributed by atoms with Crippen molar-refractivity contribution in [2.45, 2.75) is 45.1 Å². The molecule has 18 heavy (non-hydrogen) atoms. The van der Waals surface area contributed by atoms with Crippen LogP contribution in [0.2, 0.25) is 5.15 Å². The molecule has 5 heteroatoms. The second-order valence-corrected chi connectivity index (χ2v) is 5.54. The fraction of sp³-hybridized carbons (Fsp3) is 0.692. The van der Waals surface area contributed by atoms with E-state index in [4.69, 9.17) is 11.6 Å². The van der Waals surface area contributed by atoms with Gasteiger partial charge in [0.25, 0.3) is 0 Å². The van der Waals surface area contributed by atoms with E-state index >= 15 is 0 Å². The van der Waals surface area contributed by atoms with E-state index in [0.717, 1.165) is 50.4 Å². The maximum absolute atomic E-state index is 10.1. The highest BCUT2D eigenvalue weighted by Gasteiger charge is 2.25. The van der Waals surface area contributed by atoms with E-state index in [2.05, 4.69) is 14.9 Å². The first-order chi connectivity index (χ1) is 8.50. The Bertz CT molecular complexity index is 423. The third kappa shape index (κ3) is 3.33. The lowest BCUT2D eigenvalue weighted by atomic mass is 9.98. The van der Waals surface area contributed by atoms with Gasteiger partial charge in [0.2, 0.25) is 0 Å². The second-order valence-electron chi connectivity index (χ2n) is 5.16. The summed E-state index contributed by atoms with van der Waals surface area (Å²) in [4.78, 5) is 10.9. The van der Waals surface area contributed by atoms with Crippen molar-refractivity contribution < 1.29 is 5.11 Å². The van der Waals surface area contributed by atoms with E-state index in [1.54, 1.807) is 6.07 Å². The lowest BCUT2D eigenvalue weighted by Crippen LogP contribution is -2.29. The van der Waals surface area contributed by atoms with Crippen LogP contribution in [-0.4, -0.2) is 33.8 Å². The van der Waals surface area contributed by atoms with Crippen LogP contribution < -0.4 is 4.90 Å². The number of hydrogen-bond acceptors (Lipinski definition) is 4. The van der Waals surface area contributed by atoms with Gasteiger partial charge in [-0.15, -0.1) is 0 Å². The molecule has 4 nitrogen and oxygen atoms in total. The Kier molecular flexibility index (Phi) is 4.07. The van der Waals surface area contributed by atoms with Crippen molar-refractivity contribution in [1.82, 2.24) is 9.97 Å². The summed E-state index contributed by atoms with van der Waals surface area (Å²) in [5, 5.41) is 10.6. The molecule has 1 unspecified atom stereocenters. The minimum atomic E-state index is -0.556. The second kappa shape index (κ2) is 5.41. The van der Waals surface area contributed by atoms with Gasteiger partial charge in [-0.25, -0.2) is 9.97 Å². The predicted octanol–water partition coefficient (Wildman–Crippen LogP) is 2.43. The maximum atomic E-state index is 10.1. The van der Waals surface area contributed by atoms with Crippen molar-refractivity contribution in [3.63, 3.8) is 0 Å². The summed E-state index contributed by atoms with van der Waals surface area (Å²) in [5.41, 5.74) is -0.556. The number of aryl methyl sites for hydroxylation is 1. The molecule has 1 aromatic rings. The van der Waals surface area contributed by atoms with Crippen LogP contribution in [0.15, 0.2) is 6.07 Å². The van der Waals surface area contributed by atoms with Gasteiger partial charge in [-0.3, -0.25) is 0 Å². The molecule has 0 saturated carbocycles. The molecular weight excluding hydrogens is 250 g/mol. The molecule has 1 atom stereocenters. The van der Waals surface area contributed by atoms with Gasteiger partial charge < -0.3 is 10.0 Å². The van der Waals surface area contributed by atoms with E-state index in [0.29, 0.717) is 5.15 Å². The van der Waals surface area contributed by atoms with Crippen LogP contribution in [0.1, 0.15) is 38.9 Å². The van der Waals surface area contributed by atoms with Gasteiger partial charge in [0.05, 0.1) is 5.60 Å². The highest BCUT2D eigenvalue weighted by atomic mass is 35.5. The first-order valence-electron chi connectivity index (χ1n) is 6.51. The quantitative estimate of drug-likeness (QED) is 0.838. The number of rotatable bonds is 2. The number of nitrogens with zero attached hydrogens (tertiary/aromatic N) is 3. The third-order valence-corrected chi connectivity index (χ3v) is 3.63. The molecule has 2 heterocycles. The Morgan fingerprint density at radius 1 is 1.39 bits per heavy atom. The summed E-state index contributed by atoms with van der Waals surface area (Å²) in [5.74, 6) is 1.65. The molecule has 0 radical (unpaired) electrons. The average molecular weight is 270 g/mol. The van der Waals surface area contributed by atoms with Crippen LogP contribution in [0.3, 0.4) is 0 Å². The fourth-order valence-corrected chi connectivity index (χ4v) is 2.46. The minimum absolute atomic E-state index is 0.493. The molecule has 1 fully saturated rings. The zero-order chi connectivity index (χ0) is 13.2. The van der Waals surface area contributed by atoms with Crippen molar-refractivity contribution in [2.24, 2.45) is 0 Å². The maximum Gasteiger partial charge on any atom is 0.134 e. The van der Waals surface area contributed by atoms with Crippen LogP contribution in [-0.2, 0) is 6.42 Å². The summed E-state index contributed by atoms with van der Waals surface area (Å²) < 4.78 is 0. The van der Waals surface area contributed by atoms with Crippen LogP contribution in [0.4, 0.5) is 5.82 Å². The van der Waals surface area contributed by atoms with Crippen molar-refractivity contribution in [3.05, 3.63) is 17.0 Å². The summed E-state index contributed by atoms with van der Waals surface area (Å²) in [7, 11) is 0. The highest BCUT2D eigenvalue weighted by Crippen LogP contribution is 2.25. The number of anilines is 1. The van der Waals surface area contributed by atoms with E-state index in [-0.39, 0.29) is 0 Å². The van der Waals surface area contributed by atoms with Gasteiger partial charge in [0, 0.05) is 25.6 Å². The minimum Gasteiger partial charge on any atom is -0.390 e. The van der Waals surface area contributed by atoms with Crippen molar-refractivity contribution in [1.29, 1.82) is 0 Å². The Labute approximate surface area is 113 Å². The molecule has 1 aliphatic rings. The lowest BCUT2D eigenvalue weighted by Gasteiger charge is -2.23. The van der Waals surface area contributed by atoms with Crippen molar-refractivity contribution in [3.8, 4) is 0 Å². The molecule has 1 aliphatic heterocycles. The number of halogens is 1. The zero-order valence-corrected chi connectivity index (χ0v) is 11.7. The molecule has 0 amide bonds. The monoisotopic (exact) mass is 269 g/mol. The van der Waals surface area contributed by atoms with Crippen LogP contribution in [0, 0.1) is 0 Å². The lowest BCUT2D eigenvalue weighted by molar-refractivity contribution is 0.0481. The van der Waals surface area contributed by atoms with Gasteiger partial charge in [-0.2, -0.15) is 0 Å². The van der Waals surface area contributed by atoms with E-state index < -0.39 is 5.60 Å².